The van der Waals surface area contributed by atoms with Crippen molar-refractivity contribution in [2.45, 2.75) is 32.9 Å². The Morgan fingerprint density at radius 1 is 1.27 bits per heavy atom. The van der Waals surface area contributed by atoms with Crippen molar-refractivity contribution >= 4 is 34.2 Å². The summed E-state index contributed by atoms with van der Waals surface area (Å²) in [5.74, 6) is -0.624. The predicted molar refractivity (Wildman–Crippen MR) is 99.3 cm³/mol. The Morgan fingerprint density at radius 2 is 2.08 bits per heavy atom. The number of fused-ring (bicyclic) bond motifs is 2. The van der Waals surface area contributed by atoms with Crippen LogP contribution in [0.2, 0.25) is 0 Å². The fourth-order valence-corrected chi connectivity index (χ4v) is 4.22. The Kier molecular flexibility index (Phi) is 4.28. The van der Waals surface area contributed by atoms with Gasteiger partial charge in [-0.2, -0.15) is 0 Å². The molecule has 3 aromatic rings. The molecule has 1 aliphatic rings. The van der Waals surface area contributed by atoms with Gasteiger partial charge in [0.1, 0.15) is 5.58 Å². The largest absolute Gasteiger partial charge is 0.449 e. The van der Waals surface area contributed by atoms with Gasteiger partial charge in [0.25, 0.3) is 5.91 Å². The van der Waals surface area contributed by atoms with Gasteiger partial charge in [0.2, 0.25) is 5.76 Å². The summed E-state index contributed by atoms with van der Waals surface area (Å²) < 4.78 is 11.0. The van der Waals surface area contributed by atoms with E-state index in [0.29, 0.717) is 18.7 Å². The third kappa shape index (κ3) is 2.90. The molecule has 0 aliphatic carbocycles. The number of hydrogen-bond acceptors (Lipinski definition) is 5. The monoisotopic (exact) mass is 369 g/mol. The highest BCUT2D eigenvalue weighted by Gasteiger charge is 2.29. The van der Waals surface area contributed by atoms with Crippen molar-refractivity contribution < 1.29 is 18.7 Å². The van der Waals surface area contributed by atoms with Crippen LogP contribution in [-0.2, 0) is 22.5 Å². The van der Waals surface area contributed by atoms with E-state index in [-0.39, 0.29) is 11.7 Å². The Balaban J connectivity index is 1.47. The second kappa shape index (κ2) is 6.61. The maximum Gasteiger partial charge on any atom is 0.375 e. The molecule has 1 aliphatic heterocycles. The molecular weight excluding hydrogens is 350 g/mol. The van der Waals surface area contributed by atoms with Gasteiger partial charge in [0, 0.05) is 28.9 Å². The molecule has 4 rings (SSSR count). The summed E-state index contributed by atoms with van der Waals surface area (Å²) in [6.07, 6.45) is -0.00228. The number of aryl methyl sites for hydroxylation is 1. The number of benzene rings is 1. The van der Waals surface area contributed by atoms with Gasteiger partial charge >= 0.3 is 5.97 Å². The van der Waals surface area contributed by atoms with Crippen LogP contribution in [0.1, 0.15) is 33.5 Å². The number of carbonyl (C=O) groups is 2. The van der Waals surface area contributed by atoms with Crippen molar-refractivity contribution in [2.75, 3.05) is 6.54 Å². The number of hydrogen-bond donors (Lipinski definition) is 0. The first-order valence-electron chi connectivity index (χ1n) is 8.57. The smallest absolute Gasteiger partial charge is 0.375 e. The summed E-state index contributed by atoms with van der Waals surface area (Å²) in [6, 6.07) is 9.49. The molecule has 0 radical (unpaired) electrons. The van der Waals surface area contributed by atoms with Crippen LogP contribution in [0.5, 0.6) is 0 Å². The van der Waals surface area contributed by atoms with Crippen molar-refractivity contribution in [3.05, 3.63) is 57.5 Å². The molecule has 26 heavy (non-hydrogen) atoms. The van der Waals surface area contributed by atoms with Crippen molar-refractivity contribution in [1.82, 2.24) is 4.90 Å². The van der Waals surface area contributed by atoms with Gasteiger partial charge in [-0.3, -0.25) is 4.79 Å². The van der Waals surface area contributed by atoms with Crippen LogP contribution in [-0.4, -0.2) is 29.4 Å². The molecule has 3 heterocycles. The van der Waals surface area contributed by atoms with Crippen LogP contribution in [0.25, 0.3) is 11.0 Å². The molecule has 6 heteroatoms. The molecule has 0 bridgehead atoms. The maximum absolute atomic E-state index is 12.7. The van der Waals surface area contributed by atoms with E-state index in [1.165, 1.54) is 10.4 Å². The van der Waals surface area contributed by atoms with Crippen LogP contribution in [0.15, 0.2) is 40.1 Å². The predicted octanol–water partition coefficient (Wildman–Crippen LogP) is 3.93. The lowest BCUT2D eigenvalue weighted by atomic mass is 10.1. The minimum atomic E-state index is -0.852. The highest BCUT2D eigenvalue weighted by molar-refractivity contribution is 7.10. The quantitative estimate of drug-likeness (QED) is 0.656. The summed E-state index contributed by atoms with van der Waals surface area (Å²) in [4.78, 5) is 28.3. The number of esters is 1. The SMILES string of the molecule is Cc1c(C(=O)OC(C)C(=O)N2CCc3sccc3C2)oc2ccccc12. The molecule has 1 atom stereocenters. The summed E-state index contributed by atoms with van der Waals surface area (Å²) in [5.41, 5.74) is 2.55. The number of carbonyl (C=O) groups excluding carboxylic acids is 2. The van der Waals surface area contributed by atoms with Crippen LogP contribution >= 0.6 is 11.3 Å². The van der Waals surface area contributed by atoms with Crippen molar-refractivity contribution in [2.24, 2.45) is 0 Å². The topological polar surface area (TPSA) is 59.8 Å². The third-order valence-electron chi connectivity index (χ3n) is 4.78. The van der Waals surface area contributed by atoms with Gasteiger partial charge in [0.15, 0.2) is 6.10 Å². The number of nitrogens with zero attached hydrogens (tertiary/aromatic N) is 1. The Morgan fingerprint density at radius 3 is 2.88 bits per heavy atom. The summed E-state index contributed by atoms with van der Waals surface area (Å²) in [7, 11) is 0. The average Bonchev–Trinajstić information content (AvgIpc) is 3.25. The Hall–Kier alpha value is -2.60. The lowest BCUT2D eigenvalue weighted by Crippen LogP contribution is -2.42. The molecule has 0 saturated heterocycles. The first kappa shape index (κ1) is 16.8. The first-order valence-corrected chi connectivity index (χ1v) is 9.45. The molecule has 2 aromatic heterocycles. The van der Waals surface area contributed by atoms with Crippen LogP contribution in [0.3, 0.4) is 0 Å². The fraction of sp³-hybridized carbons (Fsp3) is 0.300. The average molecular weight is 369 g/mol. The van der Waals surface area contributed by atoms with Gasteiger partial charge in [-0.05, 0) is 43.3 Å². The normalized spacial score (nSPS) is 14.9. The zero-order chi connectivity index (χ0) is 18.3. The molecular formula is C20H19NO4S. The maximum atomic E-state index is 12.7. The van der Waals surface area contributed by atoms with Crippen LogP contribution in [0.4, 0.5) is 0 Å². The van der Waals surface area contributed by atoms with Gasteiger partial charge < -0.3 is 14.1 Å². The first-order chi connectivity index (χ1) is 12.5. The van der Waals surface area contributed by atoms with E-state index in [1.807, 2.05) is 36.6 Å². The van der Waals surface area contributed by atoms with Crippen molar-refractivity contribution in [1.29, 1.82) is 0 Å². The second-order valence-corrected chi connectivity index (χ2v) is 7.48. The Bertz CT molecular complexity index is 987. The van der Waals surface area contributed by atoms with E-state index < -0.39 is 12.1 Å². The zero-order valence-electron chi connectivity index (χ0n) is 14.7. The minimum Gasteiger partial charge on any atom is -0.449 e. The molecule has 0 fully saturated rings. The molecule has 0 saturated carbocycles. The van der Waals surface area contributed by atoms with Crippen LogP contribution < -0.4 is 0 Å². The highest BCUT2D eigenvalue weighted by atomic mass is 32.1. The number of thiophene rings is 1. The Labute approximate surface area is 155 Å². The third-order valence-corrected chi connectivity index (χ3v) is 5.80. The van der Waals surface area contributed by atoms with E-state index in [1.54, 1.807) is 29.2 Å². The second-order valence-electron chi connectivity index (χ2n) is 6.48. The molecule has 1 unspecified atom stereocenters. The van der Waals surface area contributed by atoms with E-state index in [4.69, 9.17) is 9.15 Å². The molecule has 0 N–H and O–H groups in total. The number of para-hydroxylation sites is 1. The molecule has 0 spiro atoms. The number of ether oxygens (including phenoxy) is 1. The van der Waals surface area contributed by atoms with Gasteiger partial charge in [-0.1, -0.05) is 18.2 Å². The minimum absolute atomic E-state index is 0.157. The van der Waals surface area contributed by atoms with E-state index in [9.17, 15) is 9.59 Å². The summed E-state index contributed by atoms with van der Waals surface area (Å²) in [5, 5.41) is 2.92. The van der Waals surface area contributed by atoms with Crippen molar-refractivity contribution in [3.63, 3.8) is 0 Å². The number of furan rings is 1. The van der Waals surface area contributed by atoms with Crippen LogP contribution in [0, 0.1) is 6.92 Å². The lowest BCUT2D eigenvalue weighted by molar-refractivity contribution is -0.140. The van der Waals surface area contributed by atoms with Gasteiger partial charge in [-0.25, -0.2) is 4.79 Å². The van der Waals surface area contributed by atoms with E-state index in [0.717, 1.165) is 17.4 Å². The lowest BCUT2D eigenvalue weighted by Gasteiger charge is -2.29. The van der Waals surface area contributed by atoms with Gasteiger partial charge in [-0.15, -0.1) is 11.3 Å². The zero-order valence-corrected chi connectivity index (χ0v) is 15.5. The molecule has 5 nitrogen and oxygen atoms in total. The standard InChI is InChI=1S/C20H19NO4S/c1-12-15-5-3-4-6-16(15)25-18(12)20(23)24-13(2)19(22)21-9-7-17-14(11-21)8-10-26-17/h3-6,8,10,13H,7,9,11H2,1-2H3. The molecule has 134 valence electrons. The van der Waals surface area contributed by atoms with Gasteiger partial charge in [0.05, 0.1) is 0 Å². The highest BCUT2D eigenvalue weighted by Crippen LogP contribution is 2.27. The van der Waals surface area contributed by atoms with E-state index >= 15 is 0 Å². The van der Waals surface area contributed by atoms with Crippen molar-refractivity contribution in [3.8, 4) is 0 Å². The van der Waals surface area contributed by atoms with E-state index in [2.05, 4.69) is 0 Å². The molecule has 1 aromatic carbocycles. The fourth-order valence-electron chi connectivity index (χ4n) is 3.33. The number of rotatable bonds is 3. The molecule has 1 amide bonds. The summed E-state index contributed by atoms with van der Waals surface area (Å²) in [6.45, 7) is 4.65. The summed E-state index contributed by atoms with van der Waals surface area (Å²) >= 11 is 1.72. The number of amides is 1.